The molecule has 18 heavy (non-hydrogen) atoms. The second kappa shape index (κ2) is 6.34. The molecule has 2 atom stereocenters. The molecule has 2 unspecified atom stereocenters. The molecular weight excluding hydrogens is 224 g/mol. The summed E-state index contributed by atoms with van der Waals surface area (Å²) in [6.45, 7) is 5.00. The topological polar surface area (TPSA) is 47.1 Å². The van der Waals surface area contributed by atoms with Gasteiger partial charge in [0, 0.05) is 31.5 Å². The molecular formula is C14H26N4. The smallest absolute Gasteiger partial charge is 0.105 e. The zero-order valence-electron chi connectivity index (χ0n) is 11.7. The molecule has 1 saturated carbocycles. The van der Waals surface area contributed by atoms with Gasteiger partial charge in [0.1, 0.15) is 5.82 Å². The number of hydrogen-bond acceptors (Lipinski definition) is 3. The lowest BCUT2D eigenvalue weighted by Crippen LogP contribution is -2.44. The minimum Gasteiger partial charge on any atom is -0.334 e. The van der Waals surface area contributed by atoms with Crippen molar-refractivity contribution in [3.05, 3.63) is 18.2 Å². The quantitative estimate of drug-likeness (QED) is 0.864. The van der Waals surface area contributed by atoms with Gasteiger partial charge >= 0.3 is 0 Å². The summed E-state index contributed by atoms with van der Waals surface area (Å²) < 4.78 is 2.22. The number of aryl methyl sites for hydroxylation is 1. The summed E-state index contributed by atoms with van der Waals surface area (Å²) in [5.41, 5.74) is 5.90. The summed E-state index contributed by atoms with van der Waals surface area (Å²) in [5.74, 6) is 1.79. The van der Waals surface area contributed by atoms with Crippen molar-refractivity contribution in [3.63, 3.8) is 0 Å². The van der Waals surface area contributed by atoms with Gasteiger partial charge < -0.3 is 15.2 Å². The van der Waals surface area contributed by atoms with Crippen LogP contribution < -0.4 is 5.73 Å². The number of nitrogens with two attached hydrogens (primary N) is 1. The van der Waals surface area contributed by atoms with Crippen LogP contribution in [-0.2, 0) is 6.54 Å². The van der Waals surface area contributed by atoms with E-state index in [2.05, 4.69) is 34.6 Å². The number of hydrogen-bond donors (Lipinski definition) is 1. The maximum atomic E-state index is 5.90. The number of rotatable bonds is 5. The molecule has 0 aliphatic heterocycles. The highest BCUT2D eigenvalue weighted by Gasteiger charge is 2.26. The molecule has 2 rings (SSSR count). The minimum atomic E-state index is 0.674. The van der Waals surface area contributed by atoms with Crippen molar-refractivity contribution in [1.82, 2.24) is 14.5 Å². The summed E-state index contributed by atoms with van der Waals surface area (Å²) >= 11 is 0. The molecule has 1 fully saturated rings. The van der Waals surface area contributed by atoms with Crippen LogP contribution >= 0.6 is 0 Å². The summed E-state index contributed by atoms with van der Waals surface area (Å²) in [4.78, 5) is 6.76. The van der Waals surface area contributed by atoms with E-state index in [-0.39, 0.29) is 0 Å². The Kier molecular flexibility index (Phi) is 4.78. The highest BCUT2D eigenvalue weighted by Crippen LogP contribution is 2.27. The Labute approximate surface area is 110 Å². The molecule has 0 amide bonds. The van der Waals surface area contributed by atoms with Crippen molar-refractivity contribution >= 4 is 0 Å². The fraction of sp³-hybridized carbons (Fsp3) is 0.786. The van der Waals surface area contributed by atoms with Crippen LogP contribution in [0.5, 0.6) is 0 Å². The molecule has 1 aliphatic carbocycles. The van der Waals surface area contributed by atoms with Gasteiger partial charge in [0.25, 0.3) is 0 Å². The van der Waals surface area contributed by atoms with Crippen LogP contribution in [0.25, 0.3) is 0 Å². The molecule has 1 aliphatic rings. The molecule has 1 aromatic heterocycles. The molecule has 4 heteroatoms. The zero-order chi connectivity index (χ0) is 13.0. The van der Waals surface area contributed by atoms with Gasteiger partial charge in [-0.1, -0.05) is 12.8 Å². The third-order valence-corrected chi connectivity index (χ3v) is 4.36. The standard InChI is InChI=1S/C14H26N4/c1-12-16-7-8-18(12)10-9-17(2)14-6-4-3-5-13(14)11-15/h7-8,13-14H,3-6,9-11,15H2,1-2H3. The van der Waals surface area contributed by atoms with Crippen LogP contribution in [0, 0.1) is 12.8 Å². The molecule has 0 saturated heterocycles. The number of imidazole rings is 1. The minimum absolute atomic E-state index is 0.674. The average molecular weight is 250 g/mol. The first-order valence-corrected chi connectivity index (χ1v) is 7.10. The fourth-order valence-electron chi connectivity index (χ4n) is 3.11. The zero-order valence-corrected chi connectivity index (χ0v) is 11.7. The Morgan fingerprint density at radius 3 is 2.89 bits per heavy atom. The van der Waals surface area contributed by atoms with Gasteiger partial charge in [-0.3, -0.25) is 0 Å². The Balaban J connectivity index is 1.86. The SMILES string of the molecule is Cc1nccn1CCN(C)C1CCCCC1CN. The fourth-order valence-corrected chi connectivity index (χ4v) is 3.11. The summed E-state index contributed by atoms with van der Waals surface area (Å²) in [6, 6.07) is 0.674. The average Bonchev–Trinajstić information content (AvgIpc) is 2.81. The van der Waals surface area contributed by atoms with Crippen LogP contribution in [0.2, 0.25) is 0 Å². The van der Waals surface area contributed by atoms with Crippen LogP contribution in [0.4, 0.5) is 0 Å². The second-order valence-corrected chi connectivity index (χ2v) is 5.50. The van der Waals surface area contributed by atoms with Crippen LogP contribution in [0.3, 0.4) is 0 Å². The molecule has 4 nitrogen and oxygen atoms in total. The van der Waals surface area contributed by atoms with E-state index in [1.54, 1.807) is 0 Å². The maximum absolute atomic E-state index is 5.90. The molecule has 1 aromatic rings. The van der Waals surface area contributed by atoms with Gasteiger partial charge in [-0.25, -0.2) is 4.98 Å². The number of likely N-dealkylation sites (N-methyl/N-ethyl adjacent to an activating group) is 1. The highest BCUT2D eigenvalue weighted by atomic mass is 15.2. The largest absolute Gasteiger partial charge is 0.334 e. The molecule has 102 valence electrons. The molecule has 1 heterocycles. The Morgan fingerprint density at radius 1 is 1.44 bits per heavy atom. The first-order valence-electron chi connectivity index (χ1n) is 7.10. The first kappa shape index (κ1) is 13.6. The summed E-state index contributed by atoms with van der Waals surface area (Å²) in [7, 11) is 2.24. The molecule has 2 N–H and O–H groups in total. The Bertz CT molecular complexity index is 360. The van der Waals surface area contributed by atoms with Crippen molar-refractivity contribution in [1.29, 1.82) is 0 Å². The lowest BCUT2D eigenvalue weighted by Gasteiger charge is -2.37. The second-order valence-electron chi connectivity index (χ2n) is 5.50. The normalized spacial score (nSPS) is 24.7. The predicted octanol–water partition coefficient (Wildman–Crippen LogP) is 1.64. The molecule has 0 spiro atoms. The summed E-state index contributed by atoms with van der Waals surface area (Å²) in [5, 5.41) is 0. The van der Waals surface area contributed by atoms with E-state index < -0.39 is 0 Å². The van der Waals surface area contributed by atoms with Crippen LogP contribution in [-0.4, -0.2) is 40.6 Å². The molecule has 0 bridgehead atoms. The Morgan fingerprint density at radius 2 is 2.22 bits per heavy atom. The van der Waals surface area contributed by atoms with Crippen molar-refractivity contribution in [3.8, 4) is 0 Å². The van der Waals surface area contributed by atoms with E-state index in [1.165, 1.54) is 25.7 Å². The van der Waals surface area contributed by atoms with E-state index in [0.717, 1.165) is 25.5 Å². The number of nitrogens with zero attached hydrogens (tertiary/aromatic N) is 3. The van der Waals surface area contributed by atoms with Crippen molar-refractivity contribution in [2.75, 3.05) is 20.1 Å². The van der Waals surface area contributed by atoms with E-state index in [1.807, 2.05) is 6.20 Å². The van der Waals surface area contributed by atoms with Crippen molar-refractivity contribution in [2.45, 2.75) is 45.2 Å². The Hall–Kier alpha value is -0.870. The third kappa shape index (κ3) is 3.12. The van der Waals surface area contributed by atoms with Gasteiger partial charge in [-0.15, -0.1) is 0 Å². The van der Waals surface area contributed by atoms with Gasteiger partial charge in [0.2, 0.25) is 0 Å². The van der Waals surface area contributed by atoms with Gasteiger partial charge in [-0.05, 0) is 39.3 Å². The third-order valence-electron chi connectivity index (χ3n) is 4.36. The predicted molar refractivity (Wildman–Crippen MR) is 74.4 cm³/mol. The van der Waals surface area contributed by atoms with Gasteiger partial charge in [0.15, 0.2) is 0 Å². The molecule has 0 radical (unpaired) electrons. The first-order chi connectivity index (χ1) is 8.72. The van der Waals surface area contributed by atoms with E-state index in [0.29, 0.717) is 12.0 Å². The van der Waals surface area contributed by atoms with Crippen LogP contribution in [0.15, 0.2) is 12.4 Å². The monoisotopic (exact) mass is 250 g/mol. The van der Waals surface area contributed by atoms with E-state index >= 15 is 0 Å². The van der Waals surface area contributed by atoms with Crippen LogP contribution in [0.1, 0.15) is 31.5 Å². The van der Waals surface area contributed by atoms with E-state index in [4.69, 9.17) is 5.73 Å². The highest BCUT2D eigenvalue weighted by molar-refractivity contribution is 4.89. The van der Waals surface area contributed by atoms with Crippen molar-refractivity contribution in [2.24, 2.45) is 11.7 Å². The molecule has 0 aromatic carbocycles. The van der Waals surface area contributed by atoms with Crippen molar-refractivity contribution < 1.29 is 0 Å². The van der Waals surface area contributed by atoms with E-state index in [9.17, 15) is 0 Å². The van der Waals surface area contributed by atoms with Gasteiger partial charge in [-0.2, -0.15) is 0 Å². The maximum Gasteiger partial charge on any atom is 0.105 e. The van der Waals surface area contributed by atoms with Gasteiger partial charge in [0.05, 0.1) is 0 Å². The lowest BCUT2D eigenvalue weighted by molar-refractivity contribution is 0.129. The lowest BCUT2D eigenvalue weighted by atomic mass is 9.84. The number of aromatic nitrogens is 2. The summed E-state index contributed by atoms with van der Waals surface area (Å²) in [6.07, 6.45) is 9.25.